The van der Waals surface area contributed by atoms with Crippen LogP contribution in [0.5, 0.6) is 0 Å². The Bertz CT molecular complexity index is 146. The fourth-order valence-corrected chi connectivity index (χ4v) is 2.25. The molecule has 0 aromatic carbocycles. The van der Waals surface area contributed by atoms with E-state index < -0.39 is 9.53 Å². The van der Waals surface area contributed by atoms with Crippen molar-refractivity contribution in [3.8, 4) is 0 Å². The van der Waals surface area contributed by atoms with E-state index in [1.54, 1.807) is 0 Å². The first-order chi connectivity index (χ1) is 8.40. The zero-order valence-corrected chi connectivity index (χ0v) is 14.7. The summed E-state index contributed by atoms with van der Waals surface area (Å²) in [4.78, 5) is 2.33. The third-order valence-electron chi connectivity index (χ3n) is 2.54. The Morgan fingerprint density at radius 2 is 1.06 bits per heavy atom. The summed E-state index contributed by atoms with van der Waals surface area (Å²) >= 11 is 0. The highest BCUT2D eigenvalue weighted by molar-refractivity contribution is 6.36. The second-order valence-corrected chi connectivity index (χ2v) is 6.09. The van der Waals surface area contributed by atoms with E-state index in [0.29, 0.717) is 31.9 Å². The van der Waals surface area contributed by atoms with Crippen LogP contribution >= 0.6 is 0 Å². The van der Waals surface area contributed by atoms with Gasteiger partial charge in [0, 0.05) is 31.9 Å². The average Bonchev–Trinajstić information content (AvgIpc) is 2.29. The molecule has 0 saturated carbocycles. The van der Waals surface area contributed by atoms with Gasteiger partial charge >= 0.3 is 9.53 Å². The summed E-state index contributed by atoms with van der Waals surface area (Å²) in [6, 6.07) is 1.35. The molecule has 0 atom stereocenters. The molecule has 0 aliphatic heterocycles. The minimum Gasteiger partial charge on any atom is -0.376 e. The van der Waals surface area contributed by atoms with Crippen LogP contribution in [-0.4, -0.2) is 53.4 Å². The van der Waals surface area contributed by atoms with E-state index in [9.17, 15) is 0 Å². The maximum atomic E-state index is 5.22. The van der Waals surface area contributed by atoms with Crippen molar-refractivity contribution in [1.82, 2.24) is 4.90 Å². The van der Waals surface area contributed by atoms with Gasteiger partial charge in [0.25, 0.3) is 0 Å². The van der Waals surface area contributed by atoms with E-state index in [1.165, 1.54) is 0 Å². The molecule has 0 aromatic rings. The molecule has 0 heterocycles. The van der Waals surface area contributed by atoms with Crippen molar-refractivity contribution < 1.29 is 13.3 Å². The highest BCUT2D eigenvalue weighted by Gasteiger charge is 2.11. The van der Waals surface area contributed by atoms with E-state index >= 15 is 0 Å². The van der Waals surface area contributed by atoms with Gasteiger partial charge in [0.1, 0.15) is 0 Å². The summed E-state index contributed by atoms with van der Waals surface area (Å²) < 4.78 is 15.7. The molecule has 0 spiro atoms. The van der Waals surface area contributed by atoms with E-state index in [0.717, 1.165) is 0 Å². The predicted molar refractivity (Wildman–Crippen MR) is 80.1 cm³/mol. The second kappa shape index (κ2) is 13.5. The average molecular weight is 279 g/mol. The Hall–Kier alpha value is 0.0569. The molecule has 0 aliphatic carbocycles. The third-order valence-corrected chi connectivity index (χ3v) is 4.35. The second-order valence-electron chi connectivity index (χ2n) is 4.51. The SMILES string of the molecule is CC(C)N(C)C(C)C.CCO[SiH](OCC)OCC. The number of hydrogen-bond acceptors (Lipinski definition) is 4. The normalized spacial score (nSPS) is 11.3. The van der Waals surface area contributed by atoms with Crippen LogP contribution in [0.15, 0.2) is 0 Å². The van der Waals surface area contributed by atoms with Crippen LogP contribution < -0.4 is 0 Å². The molecule has 0 radical (unpaired) electrons. The maximum Gasteiger partial charge on any atom is 0.484 e. The lowest BCUT2D eigenvalue weighted by atomic mass is 10.3. The lowest BCUT2D eigenvalue weighted by Crippen LogP contribution is -2.32. The Balaban J connectivity index is 0. The topological polar surface area (TPSA) is 30.9 Å². The Morgan fingerprint density at radius 1 is 0.778 bits per heavy atom. The van der Waals surface area contributed by atoms with Gasteiger partial charge in [-0.1, -0.05) is 0 Å². The van der Waals surface area contributed by atoms with Crippen molar-refractivity contribution in [1.29, 1.82) is 0 Å². The smallest absolute Gasteiger partial charge is 0.376 e. The lowest BCUT2D eigenvalue weighted by molar-refractivity contribution is 0.107. The van der Waals surface area contributed by atoms with Crippen LogP contribution in [0.25, 0.3) is 0 Å². The lowest BCUT2D eigenvalue weighted by Gasteiger charge is -2.24. The van der Waals surface area contributed by atoms with Gasteiger partial charge in [0.2, 0.25) is 0 Å². The Kier molecular flexibility index (Phi) is 15.3. The van der Waals surface area contributed by atoms with Crippen LogP contribution in [0.2, 0.25) is 0 Å². The zero-order chi connectivity index (χ0) is 14.6. The molecule has 0 bridgehead atoms. The summed E-state index contributed by atoms with van der Waals surface area (Å²) in [6.45, 7) is 16.7. The van der Waals surface area contributed by atoms with Gasteiger partial charge in [-0.2, -0.15) is 0 Å². The summed E-state index contributed by atoms with van der Waals surface area (Å²) in [6.07, 6.45) is 0. The van der Waals surface area contributed by atoms with E-state index in [-0.39, 0.29) is 0 Å². The zero-order valence-electron chi connectivity index (χ0n) is 13.5. The van der Waals surface area contributed by atoms with E-state index in [1.807, 2.05) is 20.8 Å². The molecule has 0 saturated heterocycles. The van der Waals surface area contributed by atoms with Crippen LogP contribution in [0.4, 0.5) is 0 Å². The first-order valence-corrected chi connectivity index (χ1v) is 8.38. The van der Waals surface area contributed by atoms with Gasteiger partial charge in [0.05, 0.1) is 0 Å². The molecule has 0 fully saturated rings. The number of hydrogen-bond donors (Lipinski definition) is 0. The largest absolute Gasteiger partial charge is 0.484 e. The molecule has 4 nitrogen and oxygen atoms in total. The van der Waals surface area contributed by atoms with Crippen LogP contribution in [0, 0.1) is 0 Å². The summed E-state index contributed by atoms with van der Waals surface area (Å²) in [5.74, 6) is 0. The molecular formula is C13H33NO3Si. The van der Waals surface area contributed by atoms with Gasteiger partial charge < -0.3 is 18.2 Å². The summed E-state index contributed by atoms with van der Waals surface area (Å²) in [7, 11) is 0.414. The minimum atomic E-state index is -1.73. The highest BCUT2D eigenvalue weighted by atomic mass is 28.3. The van der Waals surface area contributed by atoms with Crippen LogP contribution in [0.3, 0.4) is 0 Å². The summed E-state index contributed by atoms with van der Waals surface area (Å²) in [5, 5.41) is 0. The molecule has 0 aliphatic rings. The molecule has 0 rings (SSSR count). The van der Waals surface area contributed by atoms with Crippen molar-refractivity contribution in [3.63, 3.8) is 0 Å². The standard InChI is InChI=1S/C7H17N.C6H16O3Si/c1-6(2)8(5)7(3)4;1-4-7-10(8-5-2)9-6-3/h6-7H,1-5H3;10H,4-6H2,1-3H3. The first-order valence-electron chi connectivity index (χ1n) is 6.97. The van der Waals surface area contributed by atoms with Gasteiger partial charge in [0.15, 0.2) is 0 Å². The van der Waals surface area contributed by atoms with Gasteiger partial charge in [-0.15, -0.1) is 0 Å². The Morgan fingerprint density at radius 3 is 1.17 bits per heavy atom. The minimum absolute atomic E-state index is 0.676. The first kappa shape index (κ1) is 20.4. The van der Waals surface area contributed by atoms with Crippen molar-refractivity contribution >= 4 is 9.53 Å². The molecule has 112 valence electrons. The van der Waals surface area contributed by atoms with Crippen molar-refractivity contribution in [3.05, 3.63) is 0 Å². The van der Waals surface area contributed by atoms with E-state index in [2.05, 4.69) is 39.6 Å². The highest BCUT2D eigenvalue weighted by Crippen LogP contribution is 1.98. The van der Waals surface area contributed by atoms with Crippen LogP contribution in [-0.2, 0) is 13.3 Å². The molecule has 0 unspecified atom stereocenters. The monoisotopic (exact) mass is 279 g/mol. The third kappa shape index (κ3) is 12.5. The number of rotatable bonds is 8. The molecule has 18 heavy (non-hydrogen) atoms. The fraction of sp³-hybridized carbons (Fsp3) is 1.00. The maximum absolute atomic E-state index is 5.22. The predicted octanol–water partition coefficient (Wildman–Crippen LogP) is 2.55. The molecule has 0 N–H and O–H groups in total. The summed E-state index contributed by atoms with van der Waals surface area (Å²) in [5.41, 5.74) is 0. The molecule has 0 amide bonds. The quantitative estimate of drug-likeness (QED) is 0.639. The molecular weight excluding hydrogens is 246 g/mol. The van der Waals surface area contributed by atoms with Gasteiger partial charge in [-0.05, 0) is 55.5 Å². The molecule has 0 aromatic heterocycles. The van der Waals surface area contributed by atoms with E-state index in [4.69, 9.17) is 13.3 Å². The van der Waals surface area contributed by atoms with Crippen molar-refractivity contribution in [2.24, 2.45) is 0 Å². The number of nitrogens with zero attached hydrogens (tertiary/aromatic N) is 1. The fourth-order valence-electron chi connectivity index (χ4n) is 1.15. The van der Waals surface area contributed by atoms with Crippen LogP contribution in [0.1, 0.15) is 48.5 Å². The van der Waals surface area contributed by atoms with Gasteiger partial charge in [-0.3, -0.25) is 0 Å². The van der Waals surface area contributed by atoms with Crippen molar-refractivity contribution in [2.75, 3.05) is 26.9 Å². The van der Waals surface area contributed by atoms with Crippen molar-refractivity contribution in [2.45, 2.75) is 60.5 Å². The Labute approximate surface area is 116 Å². The molecule has 5 heteroatoms. The van der Waals surface area contributed by atoms with Gasteiger partial charge in [-0.25, -0.2) is 0 Å².